The minimum Gasteiger partial charge on any atom is -0.480 e. The van der Waals surface area contributed by atoms with E-state index in [9.17, 15) is 24.3 Å². The quantitative estimate of drug-likeness (QED) is 0.202. The number of aliphatic hydroxyl groups is 2. The van der Waals surface area contributed by atoms with Crippen molar-refractivity contribution in [1.82, 2.24) is 16.0 Å². The SMILES string of the molecule is NC(Cc1ccccc1)C(=O)NC(CO)C(=O)NCC(=O)NC(CO)C(=O)O. The Balaban J connectivity index is 2.50. The van der Waals surface area contributed by atoms with E-state index in [-0.39, 0.29) is 6.42 Å². The van der Waals surface area contributed by atoms with Crippen LogP contribution in [0, 0.1) is 0 Å². The van der Waals surface area contributed by atoms with E-state index >= 15 is 0 Å². The molecule has 0 spiro atoms. The summed E-state index contributed by atoms with van der Waals surface area (Å²) < 4.78 is 0. The van der Waals surface area contributed by atoms with Gasteiger partial charge in [-0.3, -0.25) is 14.4 Å². The highest BCUT2D eigenvalue weighted by molar-refractivity contribution is 5.92. The van der Waals surface area contributed by atoms with Gasteiger partial charge in [-0.05, 0) is 12.0 Å². The number of carbonyl (C=O) groups is 4. The summed E-state index contributed by atoms with van der Waals surface area (Å²) in [6.45, 7) is -2.15. The predicted molar refractivity (Wildman–Crippen MR) is 96.8 cm³/mol. The zero-order valence-corrected chi connectivity index (χ0v) is 15.0. The molecule has 0 heterocycles. The largest absolute Gasteiger partial charge is 0.480 e. The number of amides is 3. The van der Waals surface area contributed by atoms with Crippen LogP contribution in [0.4, 0.5) is 0 Å². The standard InChI is InChI=1S/C17H24N4O7/c18-11(6-10-4-2-1-3-5-10)15(25)21-12(8-22)16(26)19-7-14(24)20-13(9-23)17(27)28/h1-5,11-13,22-23H,6-9,18H2,(H,19,26)(H,20,24)(H,21,25)(H,27,28). The molecule has 0 aliphatic carbocycles. The van der Waals surface area contributed by atoms with Gasteiger partial charge >= 0.3 is 5.97 Å². The summed E-state index contributed by atoms with van der Waals surface area (Å²) in [5, 5.41) is 33.3. The molecule has 11 nitrogen and oxygen atoms in total. The van der Waals surface area contributed by atoms with E-state index in [1.54, 1.807) is 24.3 Å². The Bertz CT molecular complexity index is 683. The summed E-state index contributed by atoms with van der Waals surface area (Å²) in [6.07, 6.45) is 0.229. The molecule has 3 atom stereocenters. The van der Waals surface area contributed by atoms with Gasteiger partial charge in [0.15, 0.2) is 0 Å². The molecule has 1 rings (SSSR count). The first-order valence-corrected chi connectivity index (χ1v) is 8.40. The highest BCUT2D eigenvalue weighted by atomic mass is 16.4. The number of carboxylic acids is 1. The van der Waals surface area contributed by atoms with E-state index in [4.69, 9.17) is 15.9 Å². The van der Waals surface area contributed by atoms with Crippen molar-refractivity contribution in [1.29, 1.82) is 0 Å². The van der Waals surface area contributed by atoms with Crippen LogP contribution < -0.4 is 21.7 Å². The average molecular weight is 396 g/mol. The number of hydrogen-bond donors (Lipinski definition) is 7. The third-order valence-electron chi connectivity index (χ3n) is 3.69. The van der Waals surface area contributed by atoms with Gasteiger partial charge in [0.25, 0.3) is 0 Å². The second-order valence-corrected chi connectivity index (χ2v) is 5.90. The fraction of sp³-hybridized carbons (Fsp3) is 0.412. The van der Waals surface area contributed by atoms with Crippen LogP contribution in [0.2, 0.25) is 0 Å². The summed E-state index contributed by atoms with van der Waals surface area (Å²) in [6, 6.07) is 5.19. The van der Waals surface area contributed by atoms with Gasteiger partial charge in [0.2, 0.25) is 17.7 Å². The summed E-state index contributed by atoms with van der Waals surface area (Å²) in [5.41, 5.74) is 6.63. The van der Waals surface area contributed by atoms with E-state index in [1.165, 1.54) is 0 Å². The molecule has 1 aromatic carbocycles. The van der Waals surface area contributed by atoms with Gasteiger partial charge in [0, 0.05) is 0 Å². The molecular weight excluding hydrogens is 372 g/mol. The Hall–Kier alpha value is -3.02. The number of hydrogen-bond acceptors (Lipinski definition) is 7. The van der Waals surface area contributed by atoms with E-state index in [0.29, 0.717) is 0 Å². The van der Waals surface area contributed by atoms with Crippen molar-refractivity contribution < 1.29 is 34.5 Å². The number of aliphatic carboxylic acids is 1. The fourth-order valence-electron chi connectivity index (χ4n) is 2.16. The number of nitrogens with two attached hydrogens (primary N) is 1. The molecule has 28 heavy (non-hydrogen) atoms. The minimum atomic E-state index is -1.51. The first-order valence-electron chi connectivity index (χ1n) is 8.40. The molecule has 11 heteroatoms. The van der Waals surface area contributed by atoms with E-state index in [1.807, 2.05) is 11.4 Å². The molecule has 0 aromatic heterocycles. The third kappa shape index (κ3) is 7.70. The Labute approximate surface area is 160 Å². The third-order valence-corrected chi connectivity index (χ3v) is 3.69. The summed E-state index contributed by atoms with van der Waals surface area (Å²) >= 11 is 0. The number of carboxylic acid groups (broad SMARTS) is 1. The molecule has 0 aliphatic rings. The highest BCUT2D eigenvalue weighted by Crippen LogP contribution is 2.02. The molecule has 0 radical (unpaired) electrons. The number of aliphatic hydroxyl groups excluding tert-OH is 2. The summed E-state index contributed by atoms with van der Waals surface area (Å²) in [7, 11) is 0. The normalized spacial score (nSPS) is 13.7. The van der Waals surface area contributed by atoms with Gasteiger partial charge < -0.3 is 37.0 Å². The number of benzene rings is 1. The summed E-state index contributed by atoms with van der Waals surface area (Å²) in [4.78, 5) is 46.4. The lowest BCUT2D eigenvalue weighted by molar-refractivity contribution is -0.142. The van der Waals surface area contributed by atoms with E-state index in [0.717, 1.165) is 5.56 Å². The molecule has 8 N–H and O–H groups in total. The maximum Gasteiger partial charge on any atom is 0.328 e. The van der Waals surface area contributed by atoms with E-state index in [2.05, 4.69) is 10.6 Å². The van der Waals surface area contributed by atoms with Crippen molar-refractivity contribution in [2.24, 2.45) is 5.73 Å². The Morgan fingerprint density at radius 3 is 2.07 bits per heavy atom. The van der Waals surface area contributed by atoms with Gasteiger partial charge in [0.05, 0.1) is 25.8 Å². The van der Waals surface area contributed by atoms with Crippen LogP contribution in [-0.4, -0.2) is 76.9 Å². The van der Waals surface area contributed by atoms with Gasteiger partial charge in [-0.15, -0.1) is 0 Å². The fourth-order valence-corrected chi connectivity index (χ4v) is 2.16. The van der Waals surface area contributed by atoms with Crippen molar-refractivity contribution in [2.75, 3.05) is 19.8 Å². The van der Waals surface area contributed by atoms with Gasteiger partial charge in [-0.2, -0.15) is 0 Å². The van der Waals surface area contributed by atoms with Crippen LogP contribution in [0.15, 0.2) is 30.3 Å². The maximum atomic E-state index is 12.1. The van der Waals surface area contributed by atoms with Crippen LogP contribution in [0.25, 0.3) is 0 Å². The topological polar surface area (TPSA) is 191 Å². The van der Waals surface area contributed by atoms with Gasteiger partial charge in [-0.1, -0.05) is 30.3 Å². The van der Waals surface area contributed by atoms with Crippen molar-refractivity contribution >= 4 is 23.7 Å². The molecule has 0 aliphatic heterocycles. The highest BCUT2D eigenvalue weighted by Gasteiger charge is 2.24. The lowest BCUT2D eigenvalue weighted by Gasteiger charge is -2.19. The monoisotopic (exact) mass is 396 g/mol. The average Bonchev–Trinajstić information content (AvgIpc) is 2.68. The predicted octanol–water partition coefficient (Wildman–Crippen LogP) is -3.29. The molecule has 3 unspecified atom stereocenters. The molecule has 3 amide bonds. The lowest BCUT2D eigenvalue weighted by Crippen LogP contribution is -2.55. The van der Waals surface area contributed by atoms with Crippen LogP contribution in [0.5, 0.6) is 0 Å². The van der Waals surface area contributed by atoms with Gasteiger partial charge in [-0.25, -0.2) is 4.79 Å². The van der Waals surface area contributed by atoms with Crippen LogP contribution in [0.1, 0.15) is 5.56 Å². The van der Waals surface area contributed by atoms with Crippen LogP contribution in [0.3, 0.4) is 0 Å². The lowest BCUT2D eigenvalue weighted by atomic mass is 10.1. The number of nitrogens with one attached hydrogen (secondary N) is 3. The zero-order chi connectivity index (χ0) is 21.1. The molecular formula is C17H24N4O7. The van der Waals surface area contributed by atoms with E-state index < -0.39 is 61.6 Å². The molecule has 154 valence electrons. The second kappa shape index (κ2) is 11.6. The minimum absolute atomic E-state index is 0.229. The first-order chi connectivity index (χ1) is 13.3. The van der Waals surface area contributed by atoms with Crippen LogP contribution in [-0.2, 0) is 25.6 Å². The van der Waals surface area contributed by atoms with Crippen molar-refractivity contribution in [3.05, 3.63) is 35.9 Å². The Morgan fingerprint density at radius 1 is 0.929 bits per heavy atom. The number of carbonyl (C=O) groups excluding carboxylic acids is 3. The van der Waals surface area contributed by atoms with Crippen molar-refractivity contribution in [3.8, 4) is 0 Å². The molecule has 0 saturated carbocycles. The molecule has 1 aromatic rings. The second-order valence-electron chi connectivity index (χ2n) is 5.90. The maximum absolute atomic E-state index is 12.1. The summed E-state index contributed by atoms with van der Waals surface area (Å²) in [5.74, 6) is -3.81. The Kier molecular flexibility index (Phi) is 9.57. The molecule has 0 fully saturated rings. The first kappa shape index (κ1) is 23.0. The van der Waals surface area contributed by atoms with Crippen molar-refractivity contribution in [2.45, 2.75) is 24.5 Å². The molecule has 0 bridgehead atoms. The molecule has 0 saturated heterocycles. The Morgan fingerprint density at radius 2 is 1.54 bits per heavy atom. The zero-order valence-electron chi connectivity index (χ0n) is 15.0. The van der Waals surface area contributed by atoms with Gasteiger partial charge in [0.1, 0.15) is 12.1 Å². The smallest absolute Gasteiger partial charge is 0.328 e. The van der Waals surface area contributed by atoms with Crippen LogP contribution >= 0.6 is 0 Å². The van der Waals surface area contributed by atoms with Crippen molar-refractivity contribution in [3.63, 3.8) is 0 Å². The number of rotatable bonds is 11.